The average Bonchev–Trinajstić information content (AvgIpc) is 3.70. The number of rotatable bonds is 6. The number of nitrogens with zero attached hydrogens (tertiary/aromatic N) is 2. The van der Waals surface area contributed by atoms with Crippen molar-refractivity contribution >= 4 is 47.7 Å². The normalized spacial score (nSPS) is 14.0. The number of benzene rings is 6. The van der Waals surface area contributed by atoms with Crippen LogP contribution >= 0.6 is 15.8 Å². The number of hydrogen-bond donors (Lipinski definition) is 0. The largest absolute Gasteiger partial charge is 0.577 e. The molecular weight excluding hydrogens is 1260 g/mol. The monoisotopic (exact) mass is 1320 g/mol. The maximum atomic E-state index is 7.25. The second-order valence-corrected chi connectivity index (χ2v) is 20.1. The Balaban J connectivity index is 0.000000890. The summed E-state index contributed by atoms with van der Waals surface area (Å²) in [5.41, 5.74) is 11.5. The van der Waals surface area contributed by atoms with E-state index in [1.807, 2.05) is 11.8 Å². The summed E-state index contributed by atoms with van der Waals surface area (Å²) in [6, 6.07) is 64.7. The number of nitroso groups, excluding NO2 is 2. The summed E-state index contributed by atoms with van der Waals surface area (Å²) in [5, 5.41) is 8.39. The van der Waals surface area contributed by atoms with Crippen molar-refractivity contribution in [2.45, 2.75) is 69.2 Å². The molecule has 4 nitrogen and oxygen atoms in total. The van der Waals surface area contributed by atoms with Gasteiger partial charge in [0.2, 0.25) is 0 Å². The molecule has 72 heavy (non-hydrogen) atoms. The van der Waals surface area contributed by atoms with E-state index in [1.165, 1.54) is 91.0 Å². The standard InChI is InChI=1S/2C18H15P.2C10H15.C8.2NO.2Re/c2*1-4-10-16(11-5-1)19(17-12-6-2-7-13-17)18-14-8-3-9-15-18;2*1-6-7(2)9(4)10(5)8(6)3;1-3-5-7-8-6-4-2;2*1-2;;/h2*1-15H;2*1-5H3;;;;;/q;;;;-2;2*-1;;. The SMILES string of the molecule is C[C]1[C](C)[C](C)[C](C)[C]1C.C[C]1[C](C)[C](C)[C](C)[C]1C.[C-]#CC#CC#CC#[C-].[N-]=O.[N-]=O.[Re].[Re].c1ccc(P(c2ccccc2)c2ccccc2)cc1.c1ccc(P(c2ccccc2)c2ccccc2)cc1. The van der Waals surface area contributed by atoms with E-state index >= 15 is 0 Å². The topological polar surface area (TPSA) is 78.7 Å². The second-order valence-electron chi connectivity index (χ2n) is 15.7. The van der Waals surface area contributed by atoms with Crippen LogP contribution < -0.4 is 31.8 Å². The van der Waals surface area contributed by atoms with E-state index in [-0.39, 0.29) is 40.8 Å². The first-order chi connectivity index (χ1) is 33.9. The Morgan fingerprint density at radius 1 is 0.264 bits per heavy atom. The molecule has 0 spiro atoms. The molecule has 6 aromatic rings. The summed E-state index contributed by atoms with van der Waals surface area (Å²) in [4.78, 5) is 14.5. The van der Waals surface area contributed by atoms with Crippen molar-refractivity contribution < 1.29 is 40.8 Å². The second kappa shape index (κ2) is 38.5. The fourth-order valence-corrected chi connectivity index (χ4v) is 11.9. The molecule has 0 aliphatic heterocycles. The first kappa shape index (κ1) is 66.9. The summed E-state index contributed by atoms with van der Waals surface area (Å²) in [6.07, 6.45) is 12.6. The molecule has 366 valence electrons. The van der Waals surface area contributed by atoms with E-state index in [2.05, 4.69) is 275 Å². The number of hydrogen-bond acceptors (Lipinski definition) is 2. The van der Waals surface area contributed by atoms with E-state index in [4.69, 9.17) is 33.8 Å². The summed E-state index contributed by atoms with van der Waals surface area (Å²) in [6.45, 7) is 22.0. The molecule has 2 aliphatic rings. The molecule has 8 rings (SSSR count). The van der Waals surface area contributed by atoms with Gasteiger partial charge >= 0.3 is 0 Å². The Hall–Kier alpha value is -5.06. The van der Waals surface area contributed by atoms with E-state index in [0.29, 0.717) is 0 Å². The molecule has 0 aromatic heterocycles. The summed E-state index contributed by atoms with van der Waals surface area (Å²) < 4.78 is 0. The Labute approximate surface area is 464 Å². The summed E-state index contributed by atoms with van der Waals surface area (Å²) >= 11 is 0. The van der Waals surface area contributed by atoms with Gasteiger partial charge in [0, 0.05) is 40.8 Å². The van der Waals surface area contributed by atoms with Gasteiger partial charge in [-0.3, -0.25) is 11.8 Å². The van der Waals surface area contributed by atoms with Gasteiger partial charge in [0.1, 0.15) is 0 Å². The van der Waals surface area contributed by atoms with Crippen LogP contribution in [0.3, 0.4) is 0 Å². The zero-order chi connectivity index (χ0) is 51.8. The molecule has 0 heterocycles. The minimum absolute atomic E-state index is 0. The van der Waals surface area contributed by atoms with E-state index < -0.39 is 15.8 Å². The van der Waals surface area contributed by atoms with Gasteiger partial charge in [0.15, 0.2) is 0 Å². The van der Waals surface area contributed by atoms with Crippen molar-refractivity contribution in [1.29, 1.82) is 0 Å². The maximum Gasteiger partial charge on any atom is 0 e. The van der Waals surface area contributed by atoms with E-state index in [9.17, 15) is 0 Å². The predicted molar refractivity (Wildman–Crippen MR) is 303 cm³/mol. The third kappa shape index (κ3) is 21.2. The molecule has 0 saturated heterocycles. The van der Waals surface area contributed by atoms with Crippen molar-refractivity contribution in [2.75, 3.05) is 0 Å². The van der Waals surface area contributed by atoms with Crippen LogP contribution in [-0.2, 0) is 40.8 Å². The van der Waals surface area contributed by atoms with Crippen molar-refractivity contribution in [2.24, 2.45) is 0 Å². The minimum Gasteiger partial charge on any atom is -0.577 e. The molecule has 0 unspecified atom stereocenters. The molecule has 12 radical (unpaired) electrons. The van der Waals surface area contributed by atoms with Crippen LogP contribution in [0.4, 0.5) is 0 Å². The summed E-state index contributed by atoms with van der Waals surface area (Å²) in [7, 11) is -0.892. The Bertz CT molecular complexity index is 2080. The van der Waals surface area contributed by atoms with Crippen molar-refractivity contribution in [1.82, 2.24) is 0 Å². The fraction of sp³-hybridized carbons (Fsp3) is 0.156. The van der Waals surface area contributed by atoms with Crippen molar-refractivity contribution in [3.63, 3.8) is 0 Å². The van der Waals surface area contributed by atoms with Crippen LogP contribution in [-0.4, -0.2) is 0 Å². The molecule has 8 heteroatoms. The van der Waals surface area contributed by atoms with Crippen molar-refractivity contribution in [3.8, 4) is 35.5 Å². The Kier molecular flexibility index (Phi) is 35.8. The first-order valence-corrected chi connectivity index (χ1v) is 25.1. The predicted octanol–water partition coefficient (Wildman–Crippen LogP) is 13.6. The molecule has 2 aliphatic carbocycles. The van der Waals surface area contributed by atoms with Gasteiger partial charge in [-0.1, -0.05) is 251 Å². The quantitative estimate of drug-likeness (QED) is 0.0946. The summed E-state index contributed by atoms with van der Waals surface area (Å²) in [5.74, 6) is 27.1. The van der Waals surface area contributed by atoms with Gasteiger partial charge in [0.25, 0.3) is 0 Å². The van der Waals surface area contributed by atoms with Crippen LogP contribution in [0.15, 0.2) is 182 Å². The van der Waals surface area contributed by atoms with Crippen LogP contribution in [0.2, 0.25) is 0 Å². The molecule has 0 amide bonds. The van der Waals surface area contributed by atoms with Gasteiger partial charge in [-0.05, 0) is 107 Å². The fourth-order valence-electron chi connectivity index (χ4n) is 7.29. The Morgan fingerprint density at radius 2 is 0.389 bits per heavy atom. The van der Waals surface area contributed by atoms with Gasteiger partial charge in [-0.25, -0.2) is 11.8 Å². The van der Waals surface area contributed by atoms with E-state index in [0.717, 1.165) is 0 Å². The van der Waals surface area contributed by atoms with Gasteiger partial charge in [-0.2, -0.15) is 0 Å². The van der Waals surface area contributed by atoms with Crippen molar-refractivity contribution in [3.05, 3.63) is 275 Å². The molecule has 2 fully saturated rings. The smallest absolute Gasteiger partial charge is 0 e. The third-order valence-electron chi connectivity index (χ3n) is 12.0. The van der Waals surface area contributed by atoms with Crippen LogP contribution in [0.25, 0.3) is 11.2 Å². The molecular formula is C64H60N2O2P2Re2-4. The molecule has 0 atom stereocenters. The van der Waals surface area contributed by atoms with Crippen LogP contribution in [0, 0.1) is 117 Å². The molecule has 6 aromatic carbocycles. The molecule has 2 saturated carbocycles. The zero-order valence-electron chi connectivity index (χ0n) is 42.7. The third-order valence-corrected chi connectivity index (χ3v) is 16.9. The minimum atomic E-state index is -0.446. The average molecular weight is 1320 g/mol. The van der Waals surface area contributed by atoms with Gasteiger partial charge in [0.05, 0.1) is 0 Å². The van der Waals surface area contributed by atoms with Gasteiger partial charge in [-0.15, -0.1) is 11.8 Å². The maximum absolute atomic E-state index is 7.25. The molecule has 0 bridgehead atoms. The van der Waals surface area contributed by atoms with Crippen LogP contribution in [0.5, 0.6) is 0 Å². The molecule has 0 N–H and O–H groups in total. The van der Waals surface area contributed by atoms with E-state index in [1.54, 1.807) is 0 Å². The van der Waals surface area contributed by atoms with Gasteiger partial charge < -0.3 is 33.8 Å². The first-order valence-electron chi connectivity index (χ1n) is 22.4. The Morgan fingerprint density at radius 3 is 0.500 bits per heavy atom. The zero-order valence-corrected chi connectivity index (χ0v) is 49.9. The van der Waals surface area contributed by atoms with Crippen LogP contribution in [0.1, 0.15) is 69.2 Å².